The SMILES string of the molecule is COc1ccc(C)cc1NC(=O)[C@H](C)N(c1cc(Cl)cc(Cl)c1)S(C)(=O)=O. The second-order valence-electron chi connectivity index (χ2n) is 6.06. The van der Waals surface area contributed by atoms with Crippen molar-refractivity contribution in [3.63, 3.8) is 0 Å². The number of ether oxygens (including phenoxy) is 1. The van der Waals surface area contributed by atoms with E-state index in [1.54, 1.807) is 12.1 Å². The zero-order chi connectivity index (χ0) is 20.4. The molecule has 0 saturated carbocycles. The lowest BCUT2D eigenvalue weighted by Crippen LogP contribution is -2.45. The van der Waals surface area contributed by atoms with Crippen molar-refractivity contribution in [2.75, 3.05) is 23.0 Å². The molecule has 0 bridgehead atoms. The Labute approximate surface area is 169 Å². The van der Waals surface area contributed by atoms with Crippen LogP contribution in [0.25, 0.3) is 0 Å². The number of anilines is 2. The summed E-state index contributed by atoms with van der Waals surface area (Å²) >= 11 is 12.0. The number of halogens is 2. The number of hydrogen-bond donors (Lipinski definition) is 1. The third-order valence-corrected chi connectivity index (χ3v) is 5.48. The maximum atomic E-state index is 12.8. The topological polar surface area (TPSA) is 75.7 Å². The largest absolute Gasteiger partial charge is 0.495 e. The standard InChI is InChI=1S/C18H20Cl2N2O4S/c1-11-5-6-17(26-3)16(7-11)21-18(23)12(2)22(27(4,24)25)15-9-13(19)8-14(20)10-15/h5-10,12H,1-4H3,(H,21,23)/t12-/m0/s1. The van der Waals surface area contributed by atoms with E-state index >= 15 is 0 Å². The molecule has 0 unspecified atom stereocenters. The first-order chi connectivity index (χ1) is 12.5. The third kappa shape index (κ3) is 5.28. The maximum Gasteiger partial charge on any atom is 0.248 e. The lowest BCUT2D eigenvalue weighted by molar-refractivity contribution is -0.116. The molecule has 2 aromatic rings. The fourth-order valence-electron chi connectivity index (χ4n) is 2.63. The van der Waals surface area contributed by atoms with Crippen LogP contribution >= 0.6 is 23.2 Å². The molecule has 1 amide bonds. The first-order valence-corrected chi connectivity index (χ1v) is 10.5. The van der Waals surface area contributed by atoms with E-state index in [1.165, 1.54) is 32.2 Å². The van der Waals surface area contributed by atoms with Gasteiger partial charge in [-0.1, -0.05) is 29.3 Å². The van der Waals surface area contributed by atoms with E-state index in [4.69, 9.17) is 27.9 Å². The van der Waals surface area contributed by atoms with Crippen molar-refractivity contribution >= 4 is 50.5 Å². The molecule has 146 valence electrons. The van der Waals surface area contributed by atoms with E-state index in [2.05, 4.69) is 5.32 Å². The number of methoxy groups -OCH3 is 1. The van der Waals surface area contributed by atoms with Gasteiger partial charge in [0.05, 0.1) is 24.7 Å². The monoisotopic (exact) mass is 430 g/mol. The normalized spacial score (nSPS) is 12.4. The van der Waals surface area contributed by atoms with Crippen molar-refractivity contribution in [1.82, 2.24) is 0 Å². The van der Waals surface area contributed by atoms with Gasteiger partial charge in [0.25, 0.3) is 0 Å². The minimum absolute atomic E-state index is 0.203. The Morgan fingerprint density at radius 3 is 2.26 bits per heavy atom. The molecule has 0 spiro atoms. The van der Waals surface area contributed by atoms with Crippen LogP contribution in [0.2, 0.25) is 10.0 Å². The predicted molar refractivity (Wildman–Crippen MR) is 110 cm³/mol. The fraction of sp³-hybridized carbons (Fsp3) is 0.278. The molecule has 0 aromatic heterocycles. The Hall–Kier alpha value is -1.96. The number of carbonyl (C=O) groups is 1. The van der Waals surface area contributed by atoms with Gasteiger partial charge < -0.3 is 10.1 Å². The first-order valence-electron chi connectivity index (χ1n) is 7.94. The fourth-order valence-corrected chi connectivity index (χ4v) is 4.31. The smallest absolute Gasteiger partial charge is 0.248 e. The average Bonchev–Trinajstić information content (AvgIpc) is 2.52. The number of nitrogens with zero attached hydrogens (tertiary/aromatic N) is 1. The van der Waals surface area contributed by atoms with Crippen LogP contribution in [0.15, 0.2) is 36.4 Å². The number of hydrogen-bond acceptors (Lipinski definition) is 4. The summed E-state index contributed by atoms with van der Waals surface area (Å²) in [5, 5.41) is 3.24. The van der Waals surface area contributed by atoms with Crippen molar-refractivity contribution in [3.05, 3.63) is 52.0 Å². The second-order valence-corrected chi connectivity index (χ2v) is 8.79. The summed E-state index contributed by atoms with van der Waals surface area (Å²) in [6.45, 7) is 3.35. The summed E-state index contributed by atoms with van der Waals surface area (Å²) in [5.74, 6) is -0.0571. The van der Waals surface area contributed by atoms with Crippen LogP contribution in [-0.4, -0.2) is 33.7 Å². The van der Waals surface area contributed by atoms with Crippen LogP contribution in [0.5, 0.6) is 5.75 Å². The van der Waals surface area contributed by atoms with Gasteiger partial charge in [-0.2, -0.15) is 0 Å². The average molecular weight is 431 g/mol. The molecule has 6 nitrogen and oxygen atoms in total. The number of sulfonamides is 1. The molecule has 0 aliphatic heterocycles. The zero-order valence-electron chi connectivity index (χ0n) is 15.3. The molecule has 0 aliphatic rings. The van der Waals surface area contributed by atoms with Crippen molar-refractivity contribution in [3.8, 4) is 5.75 Å². The molecule has 0 fully saturated rings. The van der Waals surface area contributed by atoms with Gasteiger partial charge in [0, 0.05) is 10.0 Å². The van der Waals surface area contributed by atoms with Crippen LogP contribution in [0, 0.1) is 6.92 Å². The van der Waals surface area contributed by atoms with E-state index in [1.807, 2.05) is 13.0 Å². The molecule has 1 N–H and O–H groups in total. The first kappa shape index (κ1) is 21.3. The molecule has 9 heteroatoms. The molecule has 0 radical (unpaired) electrons. The van der Waals surface area contributed by atoms with Crippen molar-refractivity contribution in [2.45, 2.75) is 19.9 Å². The van der Waals surface area contributed by atoms with E-state index in [0.29, 0.717) is 11.4 Å². The van der Waals surface area contributed by atoms with Gasteiger partial charge in [0.15, 0.2) is 0 Å². The van der Waals surface area contributed by atoms with Gasteiger partial charge in [-0.05, 0) is 49.7 Å². The number of aryl methyl sites for hydroxylation is 1. The van der Waals surface area contributed by atoms with Gasteiger partial charge in [-0.15, -0.1) is 0 Å². The highest BCUT2D eigenvalue weighted by Gasteiger charge is 2.30. The summed E-state index contributed by atoms with van der Waals surface area (Å²) in [6.07, 6.45) is 1.01. The number of nitrogens with one attached hydrogen (secondary N) is 1. The van der Waals surface area contributed by atoms with Crippen LogP contribution < -0.4 is 14.4 Å². The summed E-state index contributed by atoms with van der Waals surface area (Å²) in [6, 6.07) is 8.60. The molecular weight excluding hydrogens is 411 g/mol. The van der Waals surface area contributed by atoms with E-state index < -0.39 is 22.0 Å². The highest BCUT2D eigenvalue weighted by atomic mass is 35.5. The van der Waals surface area contributed by atoms with Crippen LogP contribution in [0.4, 0.5) is 11.4 Å². The van der Waals surface area contributed by atoms with E-state index in [-0.39, 0.29) is 15.7 Å². The van der Waals surface area contributed by atoms with Gasteiger partial charge in [0.1, 0.15) is 11.8 Å². The Bertz CT molecular complexity index is 944. The predicted octanol–water partition coefficient (Wildman–Crippen LogP) is 4.10. The minimum atomic E-state index is -3.79. The van der Waals surface area contributed by atoms with E-state index in [9.17, 15) is 13.2 Å². The third-order valence-electron chi connectivity index (χ3n) is 3.80. The quantitative estimate of drug-likeness (QED) is 0.747. The molecule has 2 aromatic carbocycles. The van der Waals surface area contributed by atoms with Crippen molar-refractivity contribution in [1.29, 1.82) is 0 Å². The van der Waals surface area contributed by atoms with Gasteiger partial charge >= 0.3 is 0 Å². The van der Waals surface area contributed by atoms with Gasteiger partial charge in [-0.25, -0.2) is 8.42 Å². The number of rotatable bonds is 6. The molecule has 0 aliphatic carbocycles. The van der Waals surface area contributed by atoms with Gasteiger partial charge in [-0.3, -0.25) is 9.10 Å². The van der Waals surface area contributed by atoms with Crippen LogP contribution in [0.3, 0.4) is 0 Å². The molecule has 0 saturated heterocycles. The minimum Gasteiger partial charge on any atom is -0.495 e. The molecular formula is C18H20Cl2N2O4S. The number of carbonyl (C=O) groups excluding carboxylic acids is 1. The highest BCUT2D eigenvalue weighted by molar-refractivity contribution is 7.92. The summed E-state index contributed by atoms with van der Waals surface area (Å²) < 4.78 is 30.9. The van der Waals surface area contributed by atoms with Crippen molar-refractivity contribution in [2.24, 2.45) is 0 Å². The Kier molecular flexibility index (Phi) is 6.62. The zero-order valence-corrected chi connectivity index (χ0v) is 17.6. The maximum absolute atomic E-state index is 12.8. The van der Waals surface area contributed by atoms with Crippen molar-refractivity contribution < 1.29 is 17.9 Å². The van der Waals surface area contributed by atoms with E-state index in [0.717, 1.165) is 16.1 Å². The Morgan fingerprint density at radius 1 is 1.15 bits per heavy atom. The lowest BCUT2D eigenvalue weighted by atomic mass is 10.2. The highest BCUT2D eigenvalue weighted by Crippen LogP contribution is 2.30. The Morgan fingerprint density at radius 2 is 1.74 bits per heavy atom. The summed E-state index contributed by atoms with van der Waals surface area (Å²) in [7, 11) is -2.30. The van der Waals surface area contributed by atoms with Crippen LogP contribution in [-0.2, 0) is 14.8 Å². The summed E-state index contributed by atoms with van der Waals surface area (Å²) in [4.78, 5) is 12.8. The number of amides is 1. The molecule has 27 heavy (non-hydrogen) atoms. The Balaban J connectivity index is 2.40. The number of benzene rings is 2. The lowest BCUT2D eigenvalue weighted by Gasteiger charge is -2.28. The van der Waals surface area contributed by atoms with Gasteiger partial charge in [0.2, 0.25) is 15.9 Å². The molecule has 1 atom stereocenters. The molecule has 2 rings (SSSR count). The van der Waals surface area contributed by atoms with Crippen LogP contribution in [0.1, 0.15) is 12.5 Å². The summed E-state index contributed by atoms with van der Waals surface area (Å²) in [5.41, 5.74) is 1.57. The molecule has 0 heterocycles. The second kappa shape index (κ2) is 8.37.